The topological polar surface area (TPSA) is 43.6 Å². The zero-order valence-electron chi connectivity index (χ0n) is 38.2. The van der Waals surface area contributed by atoms with Gasteiger partial charge < -0.3 is 4.57 Å². The van der Waals surface area contributed by atoms with E-state index in [-0.39, 0.29) is 0 Å². The maximum absolute atomic E-state index is 5.42. The summed E-state index contributed by atoms with van der Waals surface area (Å²) in [5.74, 6) is 1.91. The molecule has 0 unspecified atom stereocenters. The number of hydrogen-bond donors (Lipinski definition) is 0. The van der Waals surface area contributed by atoms with Crippen LogP contribution in [-0.4, -0.2) is 19.5 Å². The van der Waals surface area contributed by atoms with Crippen LogP contribution in [0.15, 0.2) is 231 Å². The lowest BCUT2D eigenvalue weighted by atomic mass is 9.99. The van der Waals surface area contributed by atoms with Crippen molar-refractivity contribution in [2.45, 2.75) is 6.92 Å². The van der Waals surface area contributed by atoms with Crippen LogP contribution in [0.4, 0.5) is 0 Å². The van der Waals surface area contributed by atoms with Gasteiger partial charge in [-0.05, 0) is 101 Å². The quantitative estimate of drug-likeness (QED) is 0.135. The van der Waals surface area contributed by atoms with E-state index in [0.717, 1.165) is 70.5 Å². The Hall–Kier alpha value is -8.55. The van der Waals surface area contributed by atoms with Crippen molar-refractivity contribution in [3.8, 4) is 62.1 Å². The first-order valence-electron chi connectivity index (χ1n) is 23.5. The largest absolute Gasteiger partial charge is 0.309 e. The Morgan fingerprint density at radius 1 is 0.429 bits per heavy atom. The number of fused-ring (bicyclic) bond motifs is 9. The third-order valence-electron chi connectivity index (χ3n) is 13.4. The minimum absolute atomic E-state index is 0.615. The summed E-state index contributed by atoms with van der Waals surface area (Å²) in [5, 5.41) is 7.21. The summed E-state index contributed by atoms with van der Waals surface area (Å²) in [6, 6.07) is 71.8. The predicted octanol–water partition coefficient (Wildman–Crippen LogP) is 18.2. The van der Waals surface area contributed by atoms with Crippen LogP contribution in [0.25, 0.3) is 130 Å². The molecule has 0 atom stereocenters. The van der Waals surface area contributed by atoms with Crippen molar-refractivity contribution in [1.29, 1.82) is 0 Å². The Morgan fingerprint density at radius 3 is 1.61 bits per heavy atom. The molecule has 9 aromatic carbocycles. The van der Waals surface area contributed by atoms with Crippen molar-refractivity contribution in [3.63, 3.8) is 0 Å². The highest BCUT2D eigenvalue weighted by molar-refractivity contribution is 7.26. The van der Waals surface area contributed by atoms with Crippen molar-refractivity contribution in [2.75, 3.05) is 0 Å². The lowest BCUT2D eigenvalue weighted by Crippen LogP contribution is -2.02. The van der Waals surface area contributed by atoms with E-state index in [1.165, 1.54) is 47.5 Å². The van der Waals surface area contributed by atoms with E-state index in [1.807, 2.05) is 25.2 Å². The van der Waals surface area contributed by atoms with Crippen LogP contribution in [0.5, 0.6) is 0 Å². The van der Waals surface area contributed by atoms with Crippen LogP contribution in [-0.2, 0) is 0 Å². The molecule has 4 nitrogen and oxygen atoms in total. The van der Waals surface area contributed by atoms with Gasteiger partial charge in [0.1, 0.15) is 0 Å². The molecule has 0 saturated heterocycles. The Labute approximate surface area is 413 Å². The Kier molecular flexibility index (Phi) is 10.2. The summed E-state index contributed by atoms with van der Waals surface area (Å²) in [6.07, 6.45) is 8.18. The third kappa shape index (κ3) is 7.07. The summed E-state index contributed by atoms with van der Waals surface area (Å²) < 4.78 is 7.22. The number of benzene rings is 9. The van der Waals surface area contributed by atoms with Gasteiger partial charge in [-0.25, -0.2) is 15.0 Å². The molecule has 0 spiro atoms. The van der Waals surface area contributed by atoms with E-state index in [1.54, 1.807) is 22.7 Å². The highest BCUT2D eigenvalue weighted by Crippen LogP contribution is 2.44. The van der Waals surface area contributed by atoms with E-state index in [2.05, 4.69) is 217 Å². The van der Waals surface area contributed by atoms with Crippen molar-refractivity contribution in [1.82, 2.24) is 19.5 Å². The molecule has 0 radical (unpaired) electrons. The summed E-state index contributed by atoms with van der Waals surface area (Å²) >= 11 is 3.58. The van der Waals surface area contributed by atoms with Gasteiger partial charge in [-0.3, -0.25) is 0 Å². The van der Waals surface area contributed by atoms with Gasteiger partial charge in [-0.1, -0.05) is 164 Å². The molecule has 13 aromatic rings. The fourth-order valence-corrected chi connectivity index (χ4v) is 12.4. The van der Waals surface area contributed by atoms with Gasteiger partial charge in [0.05, 0.1) is 16.7 Å². The van der Waals surface area contributed by atoms with Crippen molar-refractivity contribution in [2.24, 2.45) is 0 Å². The second-order valence-corrected chi connectivity index (χ2v) is 19.6. The van der Waals surface area contributed by atoms with Crippen molar-refractivity contribution >= 4 is 90.4 Å². The third-order valence-corrected chi connectivity index (χ3v) is 15.8. The van der Waals surface area contributed by atoms with E-state index >= 15 is 0 Å². The van der Waals surface area contributed by atoms with Gasteiger partial charge >= 0.3 is 0 Å². The number of hydrogen-bond acceptors (Lipinski definition) is 5. The maximum atomic E-state index is 5.42. The zero-order valence-corrected chi connectivity index (χ0v) is 39.8. The molecule has 330 valence electrons. The molecule has 6 heteroatoms. The second kappa shape index (κ2) is 17.2. The summed E-state index contributed by atoms with van der Waals surface area (Å²) in [7, 11) is 0. The van der Waals surface area contributed by atoms with Gasteiger partial charge in [0.25, 0.3) is 0 Å². The molecule has 13 rings (SSSR count). The number of nitrogens with zero attached hydrogens (tertiary/aromatic N) is 4. The summed E-state index contributed by atoms with van der Waals surface area (Å²) in [5.41, 5.74) is 12.7. The van der Waals surface area contributed by atoms with Gasteiger partial charge in [0, 0.05) is 73.4 Å². The van der Waals surface area contributed by atoms with E-state index in [0.29, 0.717) is 17.5 Å². The average Bonchev–Trinajstić information content (AvgIpc) is 4.10. The normalized spacial score (nSPS) is 12.0. The molecule has 4 heterocycles. The Bertz CT molecular complexity index is 4140. The molecule has 0 fully saturated rings. The lowest BCUT2D eigenvalue weighted by molar-refractivity contribution is 1.08. The van der Waals surface area contributed by atoms with Gasteiger partial charge in [-0.2, -0.15) is 0 Å². The lowest BCUT2D eigenvalue weighted by Gasteiger charge is -2.16. The monoisotopic (exact) mass is 930 g/mol. The standard InChI is InChI=1S/C64H42N4S2/c1-3-4-7-18-40(2)43-31-34-56-53(37-43)54-38-44(41-19-8-5-9-20-41)32-35-57(54)68(56)55-36-33-45(39-52(55)42-21-10-6-11-22-42)62-65-63(50-27-16-25-48-46-23-12-14-29-58(46)69-60(48)50)67-64(66-62)51-28-17-26-49-47-24-13-15-30-59(47)70-61(49)51/h3-39H,2H2,1H3/b4-3-,18-7-. The minimum Gasteiger partial charge on any atom is -0.309 e. The molecule has 0 bridgehead atoms. The van der Waals surface area contributed by atoms with Gasteiger partial charge in [0.15, 0.2) is 17.5 Å². The first-order valence-corrected chi connectivity index (χ1v) is 25.1. The van der Waals surface area contributed by atoms with Crippen molar-refractivity contribution in [3.05, 3.63) is 237 Å². The fraction of sp³-hybridized carbons (Fsp3) is 0.0156. The number of allylic oxidation sites excluding steroid dienone is 5. The van der Waals surface area contributed by atoms with Crippen LogP contribution in [0, 0.1) is 0 Å². The van der Waals surface area contributed by atoms with E-state index in [4.69, 9.17) is 15.0 Å². The minimum atomic E-state index is 0.615. The molecule has 70 heavy (non-hydrogen) atoms. The number of rotatable bonds is 9. The Morgan fingerprint density at radius 2 is 0.971 bits per heavy atom. The molecular weight excluding hydrogens is 889 g/mol. The summed E-state index contributed by atoms with van der Waals surface area (Å²) in [4.78, 5) is 16.2. The number of aromatic nitrogens is 4. The van der Waals surface area contributed by atoms with E-state index in [9.17, 15) is 0 Å². The fourth-order valence-electron chi connectivity index (χ4n) is 9.98. The predicted molar refractivity (Wildman–Crippen MR) is 300 cm³/mol. The Balaban J connectivity index is 1.05. The molecule has 0 aliphatic rings. The van der Waals surface area contributed by atoms with Gasteiger partial charge in [0.2, 0.25) is 0 Å². The molecule has 0 N–H and O–H groups in total. The molecule has 0 aliphatic heterocycles. The van der Waals surface area contributed by atoms with E-state index < -0.39 is 0 Å². The van der Waals surface area contributed by atoms with Crippen LogP contribution in [0.3, 0.4) is 0 Å². The van der Waals surface area contributed by atoms with Crippen LogP contribution >= 0.6 is 22.7 Å². The second-order valence-electron chi connectivity index (χ2n) is 17.5. The zero-order chi connectivity index (χ0) is 46.7. The van der Waals surface area contributed by atoms with Crippen LogP contribution < -0.4 is 0 Å². The summed E-state index contributed by atoms with van der Waals surface area (Å²) in [6.45, 7) is 6.49. The maximum Gasteiger partial charge on any atom is 0.165 e. The molecule has 0 saturated carbocycles. The molecular formula is C64H42N4S2. The molecule has 4 aromatic heterocycles. The van der Waals surface area contributed by atoms with Crippen LogP contribution in [0.2, 0.25) is 0 Å². The molecule has 0 aliphatic carbocycles. The first-order chi connectivity index (χ1) is 34.6. The highest BCUT2D eigenvalue weighted by atomic mass is 32.1. The van der Waals surface area contributed by atoms with Crippen LogP contribution in [0.1, 0.15) is 12.5 Å². The average molecular weight is 931 g/mol. The smallest absolute Gasteiger partial charge is 0.165 e. The van der Waals surface area contributed by atoms with Gasteiger partial charge in [-0.15, -0.1) is 22.7 Å². The molecule has 0 amide bonds. The highest BCUT2D eigenvalue weighted by Gasteiger charge is 2.22. The number of thiophene rings is 2. The van der Waals surface area contributed by atoms with Crippen molar-refractivity contribution < 1.29 is 0 Å². The first kappa shape index (κ1) is 41.6. The SMILES string of the molecule is C=C(/C=C\C=C/C)c1ccc2c(c1)c1cc(-c3ccccc3)ccc1n2-c1ccc(-c2nc(-c3cccc4c3sc3ccccc34)nc(-c3cccc4c3sc3ccccc34)n2)cc1-c1ccccc1.